The molecule has 1 aromatic carbocycles. The smallest absolute Gasteiger partial charge is 0.205 e. The molecule has 2 aromatic heterocycles. The van der Waals surface area contributed by atoms with Crippen molar-refractivity contribution in [3.05, 3.63) is 52.4 Å². The van der Waals surface area contributed by atoms with Crippen molar-refractivity contribution in [3.8, 4) is 0 Å². The highest BCUT2D eigenvalue weighted by molar-refractivity contribution is 9.10. The molecule has 0 aliphatic carbocycles. The van der Waals surface area contributed by atoms with Gasteiger partial charge in [-0.1, -0.05) is 17.7 Å². The van der Waals surface area contributed by atoms with Gasteiger partial charge in [0.05, 0.1) is 11.9 Å². The van der Waals surface area contributed by atoms with Gasteiger partial charge in [-0.2, -0.15) is 0 Å². The van der Waals surface area contributed by atoms with Crippen LogP contribution in [0, 0.1) is 13.8 Å². The number of hydrogen-bond acceptors (Lipinski definition) is 3. The van der Waals surface area contributed by atoms with Gasteiger partial charge in [-0.25, -0.2) is 9.97 Å². The molecule has 1 unspecified atom stereocenters. The zero-order valence-electron chi connectivity index (χ0n) is 11.0. The van der Waals surface area contributed by atoms with Crippen molar-refractivity contribution in [1.29, 1.82) is 0 Å². The minimum Gasteiger partial charge on any atom is -0.587 e. The van der Waals surface area contributed by atoms with Crippen LogP contribution in [-0.4, -0.2) is 18.5 Å². The molecule has 1 atom stereocenters. The van der Waals surface area contributed by atoms with Gasteiger partial charge in [0.1, 0.15) is 21.5 Å². The van der Waals surface area contributed by atoms with E-state index in [1.807, 2.05) is 44.2 Å². The van der Waals surface area contributed by atoms with Crippen molar-refractivity contribution in [2.75, 3.05) is 0 Å². The molecule has 0 radical (unpaired) electrons. The molecule has 0 aliphatic rings. The van der Waals surface area contributed by atoms with Gasteiger partial charge in [-0.15, -0.1) is 3.97 Å². The third-order valence-electron chi connectivity index (χ3n) is 3.00. The summed E-state index contributed by atoms with van der Waals surface area (Å²) in [4.78, 5) is 9.42. The van der Waals surface area contributed by atoms with Crippen molar-refractivity contribution in [2.24, 2.45) is 0 Å². The van der Waals surface area contributed by atoms with Crippen LogP contribution >= 0.6 is 15.9 Å². The Morgan fingerprint density at radius 1 is 1.20 bits per heavy atom. The van der Waals surface area contributed by atoms with Gasteiger partial charge in [-0.3, -0.25) is 0 Å². The van der Waals surface area contributed by atoms with Gasteiger partial charge in [0.25, 0.3) is 0 Å². The topological polar surface area (TPSA) is 53.8 Å². The lowest BCUT2D eigenvalue weighted by Gasteiger charge is -2.12. The third-order valence-corrected chi connectivity index (χ3v) is 4.85. The molecule has 0 saturated carbocycles. The number of hydrogen-bond donors (Lipinski definition) is 0. The molecule has 0 amide bonds. The van der Waals surface area contributed by atoms with E-state index in [0.717, 1.165) is 21.7 Å². The fourth-order valence-corrected chi connectivity index (χ4v) is 3.51. The average Bonchev–Trinajstić information content (AvgIpc) is 2.73. The van der Waals surface area contributed by atoms with E-state index in [9.17, 15) is 4.55 Å². The van der Waals surface area contributed by atoms with Crippen LogP contribution in [0.15, 0.2) is 46.0 Å². The van der Waals surface area contributed by atoms with Gasteiger partial charge < -0.3 is 4.55 Å². The molecule has 0 saturated heterocycles. The summed E-state index contributed by atoms with van der Waals surface area (Å²) in [6.45, 7) is 3.91. The molecule has 0 bridgehead atoms. The quantitative estimate of drug-likeness (QED) is 0.666. The maximum atomic E-state index is 12.7. The van der Waals surface area contributed by atoms with Crippen LogP contribution in [0.4, 0.5) is 0 Å². The Morgan fingerprint density at radius 3 is 2.60 bits per heavy atom. The van der Waals surface area contributed by atoms with E-state index in [2.05, 4.69) is 25.9 Å². The van der Waals surface area contributed by atoms with Crippen LogP contribution < -0.4 is 0 Å². The molecule has 0 fully saturated rings. The second-order valence-corrected chi connectivity index (χ2v) is 6.69. The molecule has 2 heterocycles. The van der Waals surface area contributed by atoms with Crippen LogP contribution in [-0.2, 0) is 11.4 Å². The van der Waals surface area contributed by atoms with Crippen LogP contribution in [0.1, 0.15) is 11.3 Å². The number of aromatic nitrogens is 3. The lowest BCUT2D eigenvalue weighted by Crippen LogP contribution is -2.14. The summed E-state index contributed by atoms with van der Waals surface area (Å²) in [5, 5.41) is 0. The Bertz CT molecular complexity index is 770. The van der Waals surface area contributed by atoms with Crippen molar-refractivity contribution >= 4 is 38.5 Å². The number of halogens is 1. The summed E-state index contributed by atoms with van der Waals surface area (Å²) in [7, 11) is 0. The number of fused-ring (bicyclic) bond motifs is 1. The maximum Gasteiger partial charge on any atom is 0.205 e. The van der Waals surface area contributed by atoms with Gasteiger partial charge in [0.15, 0.2) is 4.90 Å². The molecular formula is C14H12BrN3OS. The molecule has 3 rings (SSSR count). The molecule has 0 spiro atoms. The van der Waals surface area contributed by atoms with Crippen LogP contribution in [0.2, 0.25) is 0 Å². The highest BCUT2D eigenvalue weighted by Crippen LogP contribution is 2.24. The first kappa shape index (κ1) is 13.6. The van der Waals surface area contributed by atoms with E-state index < -0.39 is 11.4 Å². The van der Waals surface area contributed by atoms with Gasteiger partial charge in [0, 0.05) is 0 Å². The summed E-state index contributed by atoms with van der Waals surface area (Å²) in [5.74, 6) is 0. The van der Waals surface area contributed by atoms with Crippen molar-refractivity contribution in [3.63, 3.8) is 0 Å². The second-order valence-electron chi connectivity index (χ2n) is 4.54. The van der Waals surface area contributed by atoms with Gasteiger partial charge in [-0.05, 0) is 48.0 Å². The summed E-state index contributed by atoms with van der Waals surface area (Å²) in [6.07, 6.45) is 1.62. The van der Waals surface area contributed by atoms with Gasteiger partial charge in [0.2, 0.25) is 5.65 Å². The summed E-state index contributed by atoms with van der Waals surface area (Å²) in [6, 6.07) is 9.55. The Morgan fingerprint density at radius 2 is 1.90 bits per heavy atom. The minimum atomic E-state index is -1.32. The molecular weight excluding hydrogens is 338 g/mol. The Labute approximate surface area is 128 Å². The zero-order valence-corrected chi connectivity index (χ0v) is 13.4. The van der Waals surface area contributed by atoms with Crippen molar-refractivity contribution < 1.29 is 4.55 Å². The van der Waals surface area contributed by atoms with E-state index >= 15 is 0 Å². The maximum absolute atomic E-state index is 12.7. The standard InChI is InChI=1S/C14H12BrN3OS/c1-9-3-5-11(6-4-9)20(19)18-10(2)7-12-14(18)16-8-13(15)17-12/h3-8H,1-2H3. The van der Waals surface area contributed by atoms with Crippen molar-refractivity contribution in [2.45, 2.75) is 18.7 Å². The van der Waals surface area contributed by atoms with Crippen LogP contribution in [0.5, 0.6) is 0 Å². The third kappa shape index (κ3) is 2.34. The number of benzene rings is 1. The van der Waals surface area contributed by atoms with Crippen LogP contribution in [0.3, 0.4) is 0 Å². The van der Waals surface area contributed by atoms with E-state index in [1.165, 1.54) is 0 Å². The largest absolute Gasteiger partial charge is 0.587 e. The molecule has 4 nitrogen and oxygen atoms in total. The number of rotatable bonds is 2. The monoisotopic (exact) mass is 349 g/mol. The first-order chi connectivity index (χ1) is 9.56. The first-order valence-electron chi connectivity index (χ1n) is 6.06. The van der Waals surface area contributed by atoms with Crippen LogP contribution in [0.25, 0.3) is 11.2 Å². The van der Waals surface area contributed by atoms with Gasteiger partial charge >= 0.3 is 0 Å². The van der Waals surface area contributed by atoms with E-state index in [-0.39, 0.29) is 0 Å². The van der Waals surface area contributed by atoms with E-state index in [4.69, 9.17) is 0 Å². The average molecular weight is 350 g/mol. The number of nitrogens with zero attached hydrogens (tertiary/aromatic N) is 3. The molecule has 20 heavy (non-hydrogen) atoms. The highest BCUT2D eigenvalue weighted by atomic mass is 79.9. The fourth-order valence-electron chi connectivity index (χ4n) is 2.02. The first-order valence-corrected chi connectivity index (χ1v) is 7.96. The Kier molecular flexibility index (Phi) is 3.54. The number of aryl methyl sites for hydroxylation is 2. The molecule has 3 aromatic rings. The lowest BCUT2D eigenvalue weighted by atomic mass is 10.2. The Hall–Kier alpha value is -1.37. The molecule has 6 heteroatoms. The molecule has 102 valence electrons. The lowest BCUT2D eigenvalue weighted by molar-refractivity contribution is 0.586. The predicted octanol–water partition coefficient (Wildman–Crippen LogP) is 3.38. The predicted molar refractivity (Wildman–Crippen MR) is 83.0 cm³/mol. The summed E-state index contributed by atoms with van der Waals surface area (Å²) >= 11 is 1.98. The van der Waals surface area contributed by atoms with E-state index in [0.29, 0.717) is 10.3 Å². The van der Waals surface area contributed by atoms with E-state index in [1.54, 1.807) is 10.2 Å². The zero-order chi connectivity index (χ0) is 14.3. The Balaban J connectivity index is 2.13. The molecule has 0 N–H and O–H groups in total. The highest BCUT2D eigenvalue weighted by Gasteiger charge is 2.21. The minimum absolute atomic E-state index is 0.629. The molecule has 0 aliphatic heterocycles. The summed E-state index contributed by atoms with van der Waals surface area (Å²) in [5.41, 5.74) is 3.38. The fraction of sp³-hybridized carbons (Fsp3) is 0.143. The van der Waals surface area contributed by atoms with Crippen molar-refractivity contribution in [1.82, 2.24) is 13.9 Å². The SMILES string of the molecule is Cc1ccc([S+]([O-])n2c(C)cc3nc(Br)cnc32)cc1. The normalized spacial score (nSPS) is 12.8. The second kappa shape index (κ2) is 5.20. The summed E-state index contributed by atoms with van der Waals surface area (Å²) < 4.78 is 15.1.